The van der Waals surface area contributed by atoms with Crippen LogP contribution in [0.2, 0.25) is 0 Å². The van der Waals surface area contributed by atoms with Crippen LogP contribution in [0.15, 0.2) is 6.33 Å². The predicted octanol–water partition coefficient (Wildman–Crippen LogP) is 0.640. The second kappa shape index (κ2) is 3.81. The summed E-state index contributed by atoms with van der Waals surface area (Å²) >= 11 is 0. The second-order valence-corrected chi connectivity index (χ2v) is 2.93. The molecule has 0 aliphatic carbocycles. The van der Waals surface area contributed by atoms with Gasteiger partial charge in [0.25, 0.3) is 5.91 Å². The molecule has 0 N–H and O–H groups in total. The lowest BCUT2D eigenvalue weighted by atomic mass is 10.2. The van der Waals surface area contributed by atoms with Crippen molar-refractivity contribution in [2.75, 3.05) is 0 Å². The van der Waals surface area contributed by atoms with E-state index in [1.807, 2.05) is 6.07 Å². The largest absolute Gasteiger partial charge is 0.272 e. The predicted molar refractivity (Wildman–Crippen MR) is 44.8 cm³/mol. The third kappa shape index (κ3) is 2.12. The topological polar surface area (TPSA) is 71.6 Å². The molecule has 0 unspecified atom stereocenters. The number of carbonyl (C=O) groups is 1. The van der Waals surface area contributed by atoms with Crippen LogP contribution >= 0.6 is 0 Å². The van der Waals surface area contributed by atoms with Crippen molar-refractivity contribution in [3.05, 3.63) is 12.2 Å². The Morgan fingerprint density at radius 2 is 2.46 bits per heavy atom. The fraction of sp³-hybridized carbons (Fsp3) is 0.500. The van der Waals surface area contributed by atoms with Gasteiger partial charge >= 0.3 is 0 Å². The fourth-order valence-corrected chi connectivity index (χ4v) is 0.820. The lowest BCUT2D eigenvalue weighted by Gasteiger charge is -2.00. The van der Waals surface area contributed by atoms with Gasteiger partial charge in [0, 0.05) is 5.92 Å². The van der Waals surface area contributed by atoms with E-state index in [0.717, 1.165) is 0 Å². The first kappa shape index (κ1) is 9.39. The highest BCUT2D eigenvalue weighted by Crippen LogP contribution is 1.98. The van der Waals surface area contributed by atoms with E-state index in [-0.39, 0.29) is 18.2 Å². The quantitative estimate of drug-likeness (QED) is 0.666. The molecule has 1 aromatic heterocycles. The zero-order valence-electron chi connectivity index (χ0n) is 7.56. The van der Waals surface area contributed by atoms with Crippen molar-refractivity contribution >= 4 is 5.91 Å². The molecule has 0 radical (unpaired) electrons. The molecule has 0 aromatic carbocycles. The summed E-state index contributed by atoms with van der Waals surface area (Å²) in [5.74, 6) is 0.157. The van der Waals surface area contributed by atoms with Crippen molar-refractivity contribution in [2.45, 2.75) is 20.3 Å². The molecule has 5 heteroatoms. The number of aromatic nitrogens is 3. The first-order valence-corrected chi connectivity index (χ1v) is 3.97. The van der Waals surface area contributed by atoms with E-state index in [1.54, 1.807) is 13.8 Å². The molecule has 0 aliphatic rings. The Bertz CT molecular complexity index is 347. The highest BCUT2D eigenvalue weighted by atomic mass is 16.2. The average Bonchev–Trinajstić information content (AvgIpc) is 2.52. The van der Waals surface area contributed by atoms with Gasteiger partial charge in [-0.25, -0.2) is 4.98 Å². The van der Waals surface area contributed by atoms with E-state index in [2.05, 4.69) is 10.1 Å². The third-order valence-electron chi connectivity index (χ3n) is 1.50. The van der Waals surface area contributed by atoms with Gasteiger partial charge in [-0.2, -0.15) is 9.94 Å². The fourth-order valence-electron chi connectivity index (χ4n) is 0.820. The van der Waals surface area contributed by atoms with E-state index in [0.29, 0.717) is 5.82 Å². The molecule has 0 bridgehead atoms. The first-order chi connectivity index (χ1) is 6.15. The van der Waals surface area contributed by atoms with Crippen molar-refractivity contribution < 1.29 is 4.79 Å². The summed E-state index contributed by atoms with van der Waals surface area (Å²) in [6.45, 7) is 3.57. The third-order valence-corrected chi connectivity index (χ3v) is 1.50. The normalized spacial score (nSPS) is 10.0. The monoisotopic (exact) mass is 178 g/mol. The van der Waals surface area contributed by atoms with Crippen LogP contribution in [-0.4, -0.2) is 20.7 Å². The van der Waals surface area contributed by atoms with Crippen molar-refractivity contribution in [1.29, 1.82) is 5.26 Å². The van der Waals surface area contributed by atoms with Crippen LogP contribution in [0.3, 0.4) is 0 Å². The minimum Gasteiger partial charge on any atom is -0.272 e. The molecule has 0 saturated carbocycles. The van der Waals surface area contributed by atoms with Crippen LogP contribution in [0.5, 0.6) is 0 Å². The molecule has 68 valence electrons. The number of carbonyl (C=O) groups excluding carboxylic acids is 1. The lowest BCUT2D eigenvalue weighted by Crippen LogP contribution is -2.17. The number of rotatable bonds is 2. The van der Waals surface area contributed by atoms with Crippen molar-refractivity contribution in [3.8, 4) is 6.07 Å². The zero-order valence-corrected chi connectivity index (χ0v) is 7.56. The molecule has 1 rings (SSSR count). The van der Waals surface area contributed by atoms with Crippen LogP contribution in [0.25, 0.3) is 0 Å². The number of nitrogens with zero attached hydrogens (tertiary/aromatic N) is 4. The molecule has 5 nitrogen and oxygen atoms in total. The molecular weight excluding hydrogens is 168 g/mol. The summed E-state index contributed by atoms with van der Waals surface area (Å²) in [6.07, 6.45) is 1.48. The summed E-state index contributed by atoms with van der Waals surface area (Å²) in [5.41, 5.74) is 0. The lowest BCUT2D eigenvalue weighted by molar-refractivity contribution is 0.0837. The molecule has 0 amide bonds. The van der Waals surface area contributed by atoms with Crippen LogP contribution < -0.4 is 0 Å². The maximum absolute atomic E-state index is 11.3. The Morgan fingerprint density at radius 1 is 1.77 bits per heavy atom. The number of nitriles is 1. The number of hydrogen-bond acceptors (Lipinski definition) is 4. The van der Waals surface area contributed by atoms with Gasteiger partial charge in [0.05, 0.1) is 12.5 Å². The Kier molecular flexibility index (Phi) is 2.75. The Balaban J connectivity index is 2.81. The highest BCUT2D eigenvalue weighted by Gasteiger charge is 2.11. The van der Waals surface area contributed by atoms with Crippen LogP contribution in [0.1, 0.15) is 24.5 Å². The van der Waals surface area contributed by atoms with Crippen LogP contribution in [0.4, 0.5) is 0 Å². The minimum absolute atomic E-state index is 0.114. The SMILES string of the molecule is CC(C)C(=O)n1cnc(CC#N)n1. The van der Waals surface area contributed by atoms with Gasteiger partial charge in [-0.05, 0) is 0 Å². The Morgan fingerprint density at radius 3 is 3.00 bits per heavy atom. The van der Waals surface area contributed by atoms with Gasteiger partial charge < -0.3 is 0 Å². The molecule has 13 heavy (non-hydrogen) atoms. The van der Waals surface area contributed by atoms with Crippen molar-refractivity contribution in [1.82, 2.24) is 14.8 Å². The van der Waals surface area contributed by atoms with Gasteiger partial charge in [-0.15, -0.1) is 5.10 Å². The van der Waals surface area contributed by atoms with Crippen molar-refractivity contribution in [2.24, 2.45) is 5.92 Å². The summed E-state index contributed by atoms with van der Waals surface area (Å²) in [4.78, 5) is 15.2. The number of hydrogen-bond donors (Lipinski definition) is 0. The van der Waals surface area contributed by atoms with E-state index >= 15 is 0 Å². The molecular formula is C8H10N4O. The smallest absolute Gasteiger partial charge is 0.250 e. The molecule has 0 saturated heterocycles. The highest BCUT2D eigenvalue weighted by molar-refractivity contribution is 5.79. The summed E-state index contributed by atoms with van der Waals surface area (Å²) in [7, 11) is 0. The molecule has 0 fully saturated rings. The van der Waals surface area contributed by atoms with E-state index in [9.17, 15) is 4.79 Å². The van der Waals surface area contributed by atoms with E-state index in [4.69, 9.17) is 5.26 Å². The minimum atomic E-state index is -0.114. The maximum Gasteiger partial charge on any atom is 0.250 e. The standard InChI is InChI=1S/C8H10N4O/c1-6(2)8(13)12-5-10-7(11-12)3-4-9/h5-6H,3H2,1-2H3. The van der Waals surface area contributed by atoms with Gasteiger partial charge in [0.2, 0.25) is 0 Å². The molecule has 0 atom stereocenters. The van der Waals surface area contributed by atoms with Gasteiger partial charge in [-0.3, -0.25) is 4.79 Å². The average molecular weight is 178 g/mol. The Hall–Kier alpha value is -1.70. The second-order valence-electron chi connectivity index (χ2n) is 2.93. The summed E-state index contributed by atoms with van der Waals surface area (Å²) in [5, 5.41) is 12.2. The first-order valence-electron chi connectivity index (χ1n) is 3.97. The maximum atomic E-state index is 11.3. The molecule has 1 heterocycles. The summed E-state index contributed by atoms with van der Waals surface area (Å²) < 4.78 is 1.18. The summed E-state index contributed by atoms with van der Waals surface area (Å²) in [6, 6.07) is 1.92. The molecule has 0 spiro atoms. The van der Waals surface area contributed by atoms with Crippen LogP contribution in [0, 0.1) is 17.2 Å². The van der Waals surface area contributed by atoms with Crippen LogP contribution in [-0.2, 0) is 6.42 Å². The van der Waals surface area contributed by atoms with Gasteiger partial charge in [0.15, 0.2) is 5.82 Å². The van der Waals surface area contributed by atoms with E-state index in [1.165, 1.54) is 11.0 Å². The molecule has 1 aromatic rings. The van der Waals surface area contributed by atoms with Gasteiger partial charge in [0.1, 0.15) is 6.33 Å². The molecule has 0 aliphatic heterocycles. The van der Waals surface area contributed by atoms with Crippen molar-refractivity contribution in [3.63, 3.8) is 0 Å². The van der Waals surface area contributed by atoms with E-state index < -0.39 is 0 Å². The van der Waals surface area contributed by atoms with Gasteiger partial charge in [-0.1, -0.05) is 13.8 Å². The zero-order chi connectivity index (χ0) is 9.84. The Labute approximate surface area is 76.0 Å².